The lowest BCUT2D eigenvalue weighted by molar-refractivity contribution is -0.139. The van der Waals surface area contributed by atoms with Crippen LogP contribution in [0.5, 0.6) is 0 Å². The molecular formula is C13H25N3O4. The standard InChI is InChI=1S/C13H25N3O4/c1-9(2)6-11(12(17)18)15-13(19)14-7-10-8-16(3)4-5-20-10/h9-11H,4-8H2,1-3H3,(H,17,18)(H2,14,15,19). The van der Waals surface area contributed by atoms with Crippen molar-refractivity contribution in [2.45, 2.75) is 32.4 Å². The van der Waals surface area contributed by atoms with Crippen molar-refractivity contribution >= 4 is 12.0 Å². The number of morpholine rings is 1. The average Bonchev–Trinajstić information content (AvgIpc) is 2.35. The fourth-order valence-corrected chi connectivity index (χ4v) is 2.10. The highest BCUT2D eigenvalue weighted by Gasteiger charge is 2.22. The molecule has 1 aliphatic rings. The fourth-order valence-electron chi connectivity index (χ4n) is 2.10. The van der Waals surface area contributed by atoms with Crippen LogP contribution in [0.4, 0.5) is 4.79 Å². The Hall–Kier alpha value is -1.34. The van der Waals surface area contributed by atoms with Gasteiger partial charge in [0, 0.05) is 19.6 Å². The molecule has 1 fully saturated rings. The number of carboxylic acid groups (broad SMARTS) is 1. The van der Waals surface area contributed by atoms with Gasteiger partial charge in [-0.1, -0.05) is 13.8 Å². The predicted octanol–water partition coefficient (Wildman–Crippen LogP) is 0.116. The molecule has 20 heavy (non-hydrogen) atoms. The van der Waals surface area contributed by atoms with Crippen LogP contribution in [-0.4, -0.2) is 67.4 Å². The van der Waals surface area contributed by atoms with Crippen LogP contribution in [-0.2, 0) is 9.53 Å². The highest BCUT2D eigenvalue weighted by atomic mass is 16.5. The predicted molar refractivity (Wildman–Crippen MR) is 74.7 cm³/mol. The van der Waals surface area contributed by atoms with Gasteiger partial charge in [-0.05, 0) is 19.4 Å². The summed E-state index contributed by atoms with van der Waals surface area (Å²) < 4.78 is 5.52. The molecule has 2 unspecified atom stereocenters. The smallest absolute Gasteiger partial charge is 0.326 e. The summed E-state index contributed by atoms with van der Waals surface area (Å²) in [6, 6.07) is -1.32. The summed E-state index contributed by atoms with van der Waals surface area (Å²) in [6.07, 6.45) is 0.360. The zero-order valence-corrected chi connectivity index (χ0v) is 12.4. The molecule has 0 aliphatic carbocycles. The highest BCUT2D eigenvalue weighted by Crippen LogP contribution is 2.05. The Labute approximate surface area is 119 Å². The molecule has 1 saturated heterocycles. The molecule has 1 aliphatic heterocycles. The van der Waals surface area contributed by atoms with Crippen LogP contribution in [0.1, 0.15) is 20.3 Å². The molecule has 2 atom stereocenters. The molecule has 0 aromatic rings. The number of rotatable bonds is 6. The second kappa shape index (κ2) is 8.06. The summed E-state index contributed by atoms with van der Waals surface area (Å²) in [4.78, 5) is 24.9. The first-order chi connectivity index (χ1) is 9.38. The van der Waals surface area contributed by atoms with Crippen LogP contribution in [0.15, 0.2) is 0 Å². The molecule has 2 amide bonds. The molecule has 7 nitrogen and oxygen atoms in total. The molecule has 0 bridgehead atoms. The number of likely N-dealkylation sites (N-methyl/N-ethyl adjacent to an activating group) is 1. The maximum atomic E-state index is 11.7. The Morgan fingerprint density at radius 3 is 2.70 bits per heavy atom. The number of hydrogen-bond donors (Lipinski definition) is 3. The molecular weight excluding hydrogens is 262 g/mol. The van der Waals surface area contributed by atoms with E-state index >= 15 is 0 Å². The Bertz CT molecular complexity index is 336. The number of hydrogen-bond acceptors (Lipinski definition) is 4. The molecule has 0 aromatic heterocycles. The molecule has 0 aromatic carbocycles. The summed E-state index contributed by atoms with van der Waals surface area (Å²) in [5.74, 6) is -0.811. The van der Waals surface area contributed by atoms with E-state index in [9.17, 15) is 9.59 Å². The van der Waals surface area contributed by atoms with Crippen molar-refractivity contribution in [3.8, 4) is 0 Å². The van der Waals surface area contributed by atoms with Gasteiger partial charge in [0.25, 0.3) is 0 Å². The van der Waals surface area contributed by atoms with Crippen molar-refractivity contribution in [2.75, 3.05) is 33.3 Å². The quantitative estimate of drug-likeness (QED) is 0.645. The van der Waals surface area contributed by atoms with E-state index in [1.165, 1.54) is 0 Å². The van der Waals surface area contributed by atoms with E-state index < -0.39 is 18.0 Å². The second-order valence-electron chi connectivity index (χ2n) is 5.63. The van der Waals surface area contributed by atoms with Gasteiger partial charge in [-0.3, -0.25) is 0 Å². The van der Waals surface area contributed by atoms with E-state index in [1.807, 2.05) is 20.9 Å². The van der Waals surface area contributed by atoms with Crippen molar-refractivity contribution < 1.29 is 19.4 Å². The minimum atomic E-state index is -1.01. The van der Waals surface area contributed by atoms with Crippen LogP contribution in [0.25, 0.3) is 0 Å². The topological polar surface area (TPSA) is 90.9 Å². The first-order valence-corrected chi connectivity index (χ1v) is 6.95. The number of ether oxygens (including phenoxy) is 1. The number of urea groups is 1. The van der Waals surface area contributed by atoms with Gasteiger partial charge >= 0.3 is 12.0 Å². The molecule has 0 saturated carbocycles. The molecule has 1 heterocycles. The number of carbonyl (C=O) groups excluding carboxylic acids is 1. The van der Waals surface area contributed by atoms with Crippen molar-refractivity contribution in [1.29, 1.82) is 0 Å². The Balaban J connectivity index is 2.32. The normalized spacial score (nSPS) is 21.5. The van der Waals surface area contributed by atoms with Crippen LogP contribution >= 0.6 is 0 Å². The highest BCUT2D eigenvalue weighted by molar-refractivity contribution is 5.82. The van der Waals surface area contributed by atoms with E-state index in [1.54, 1.807) is 0 Å². The van der Waals surface area contributed by atoms with Crippen LogP contribution in [0.3, 0.4) is 0 Å². The van der Waals surface area contributed by atoms with Gasteiger partial charge < -0.3 is 25.4 Å². The van der Waals surface area contributed by atoms with Crippen LogP contribution in [0, 0.1) is 5.92 Å². The lowest BCUT2D eigenvalue weighted by atomic mass is 10.0. The zero-order chi connectivity index (χ0) is 15.1. The molecule has 0 spiro atoms. The molecule has 3 N–H and O–H groups in total. The van der Waals surface area contributed by atoms with Crippen LogP contribution in [0.2, 0.25) is 0 Å². The van der Waals surface area contributed by atoms with Gasteiger partial charge in [0.2, 0.25) is 0 Å². The second-order valence-corrected chi connectivity index (χ2v) is 5.63. The molecule has 1 rings (SSSR count). The van der Waals surface area contributed by atoms with E-state index in [0.717, 1.165) is 13.1 Å². The first kappa shape index (κ1) is 16.7. The summed E-state index contributed by atoms with van der Waals surface area (Å²) >= 11 is 0. The molecule has 7 heteroatoms. The van der Waals surface area contributed by atoms with Crippen LogP contribution < -0.4 is 10.6 Å². The Morgan fingerprint density at radius 2 is 2.15 bits per heavy atom. The number of nitrogens with zero attached hydrogens (tertiary/aromatic N) is 1. The minimum Gasteiger partial charge on any atom is -0.480 e. The van der Waals surface area contributed by atoms with E-state index in [0.29, 0.717) is 19.6 Å². The lowest BCUT2D eigenvalue weighted by Gasteiger charge is -2.30. The Morgan fingerprint density at radius 1 is 1.45 bits per heavy atom. The van der Waals surface area contributed by atoms with E-state index in [4.69, 9.17) is 9.84 Å². The number of amides is 2. The lowest BCUT2D eigenvalue weighted by Crippen LogP contribution is -2.51. The first-order valence-electron chi connectivity index (χ1n) is 6.95. The number of carboxylic acids is 1. The van der Waals surface area contributed by atoms with Gasteiger partial charge in [-0.15, -0.1) is 0 Å². The van der Waals surface area contributed by atoms with Gasteiger partial charge in [0.05, 0.1) is 12.7 Å². The third-order valence-electron chi connectivity index (χ3n) is 3.14. The van der Waals surface area contributed by atoms with Gasteiger partial charge in [0.15, 0.2) is 0 Å². The number of carbonyl (C=O) groups is 2. The summed E-state index contributed by atoms with van der Waals surface area (Å²) in [5.41, 5.74) is 0. The maximum absolute atomic E-state index is 11.7. The maximum Gasteiger partial charge on any atom is 0.326 e. The van der Waals surface area contributed by atoms with Crippen molar-refractivity contribution in [3.05, 3.63) is 0 Å². The average molecular weight is 287 g/mol. The number of nitrogens with one attached hydrogen (secondary N) is 2. The third kappa shape index (κ3) is 6.21. The van der Waals surface area contributed by atoms with Gasteiger partial charge in [0.1, 0.15) is 6.04 Å². The molecule has 116 valence electrons. The van der Waals surface area contributed by atoms with Gasteiger partial charge in [-0.25, -0.2) is 9.59 Å². The van der Waals surface area contributed by atoms with Gasteiger partial charge in [-0.2, -0.15) is 0 Å². The van der Waals surface area contributed by atoms with Crippen molar-refractivity contribution in [2.24, 2.45) is 5.92 Å². The van der Waals surface area contributed by atoms with Crippen molar-refractivity contribution in [1.82, 2.24) is 15.5 Å². The zero-order valence-electron chi connectivity index (χ0n) is 12.4. The fraction of sp³-hybridized carbons (Fsp3) is 0.846. The van der Waals surface area contributed by atoms with E-state index in [-0.39, 0.29) is 12.0 Å². The minimum absolute atomic E-state index is 0.0483. The molecule has 0 radical (unpaired) electrons. The van der Waals surface area contributed by atoms with Crippen molar-refractivity contribution in [3.63, 3.8) is 0 Å². The number of aliphatic carboxylic acids is 1. The third-order valence-corrected chi connectivity index (χ3v) is 3.14. The Kier molecular flexibility index (Phi) is 6.74. The largest absolute Gasteiger partial charge is 0.480 e. The summed E-state index contributed by atoms with van der Waals surface area (Å²) in [5, 5.41) is 14.2. The SMILES string of the molecule is CC(C)CC(NC(=O)NCC1CN(C)CCO1)C(=O)O. The van der Waals surface area contributed by atoms with E-state index in [2.05, 4.69) is 15.5 Å². The monoisotopic (exact) mass is 287 g/mol. The summed E-state index contributed by atoms with van der Waals surface area (Å²) in [6.45, 7) is 6.51. The summed E-state index contributed by atoms with van der Waals surface area (Å²) in [7, 11) is 2.00.